The molecule has 25 heavy (non-hydrogen) atoms. The van der Waals surface area contributed by atoms with Gasteiger partial charge in [0.25, 0.3) is 5.91 Å². The molecule has 2 aromatic heterocycles. The molecule has 1 saturated heterocycles. The van der Waals surface area contributed by atoms with E-state index in [1.54, 1.807) is 6.92 Å². The average Bonchev–Trinajstić information content (AvgIpc) is 2.91. The van der Waals surface area contributed by atoms with Crippen LogP contribution < -0.4 is 11.0 Å². The minimum atomic E-state index is -0.890. The van der Waals surface area contributed by atoms with Gasteiger partial charge in [-0.15, -0.1) is 0 Å². The molecule has 132 valence electrons. The number of rotatable bonds is 4. The summed E-state index contributed by atoms with van der Waals surface area (Å²) in [6.07, 6.45) is 1.68. The van der Waals surface area contributed by atoms with Crippen molar-refractivity contribution in [3.05, 3.63) is 47.0 Å². The molecule has 1 aliphatic heterocycles. The van der Waals surface area contributed by atoms with Gasteiger partial charge in [-0.05, 0) is 12.1 Å². The van der Waals surface area contributed by atoms with Crippen molar-refractivity contribution in [3.63, 3.8) is 0 Å². The van der Waals surface area contributed by atoms with Crippen molar-refractivity contribution in [1.82, 2.24) is 19.5 Å². The number of carbonyl (C=O) groups excluding carboxylic acids is 1. The number of aliphatic hydroxyl groups excluding tert-OH is 2. The molecule has 0 aliphatic carbocycles. The molecule has 0 bridgehead atoms. The molecule has 2 aromatic rings. The smallest absolute Gasteiger partial charge is 0.351 e. The van der Waals surface area contributed by atoms with E-state index < -0.39 is 36.0 Å². The predicted molar refractivity (Wildman–Crippen MR) is 84.6 cm³/mol. The van der Waals surface area contributed by atoms with Crippen LogP contribution in [-0.4, -0.2) is 54.5 Å². The maximum Gasteiger partial charge on any atom is 0.351 e. The summed E-state index contributed by atoms with van der Waals surface area (Å²) in [5, 5.41) is 21.7. The Morgan fingerprint density at radius 3 is 2.84 bits per heavy atom. The third-order valence-corrected chi connectivity index (χ3v) is 4.02. The van der Waals surface area contributed by atoms with Gasteiger partial charge in [0.15, 0.2) is 0 Å². The molecular formula is C15H17N5O5. The molecular weight excluding hydrogens is 330 g/mol. The number of hydrogen-bond donors (Lipinski definition) is 3. The second-order valence-electron chi connectivity index (χ2n) is 5.65. The van der Waals surface area contributed by atoms with Gasteiger partial charge in [-0.1, -0.05) is 6.92 Å². The van der Waals surface area contributed by atoms with E-state index in [0.29, 0.717) is 0 Å². The highest BCUT2D eigenvalue weighted by Gasteiger charge is 2.41. The molecule has 1 fully saturated rings. The Labute approximate surface area is 142 Å². The van der Waals surface area contributed by atoms with Crippen LogP contribution in [-0.2, 0) is 4.74 Å². The highest BCUT2D eigenvalue weighted by molar-refractivity contribution is 6.02. The Hall–Kier alpha value is -2.69. The first-order valence-electron chi connectivity index (χ1n) is 7.62. The first kappa shape index (κ1) is 17.1. The molecule has 3 rings (SSSR count). The first-order chi connectivity index (χ1) is 12.0. The fraction of sp³-hybridized carbons (Fsp3) is 0.400. The largest absolute Gasteiger partial charge is 0.394 e. The number of aromatic nitrogens is 4. The van der Waals surface area contributed by atoms with Gasteiger partial charge in [-0.3, -0.25) is 9.36 Å². The zero-order valence-electron chi connectivity index (χ0n) is 13.3. The van der Waals surface area contributed by atoms with Crippen LogP contribution in [0, 0.1) is 5.92 Å². The molecule has 3 N–H and O–H groups in total. The molecule has 0 radical (unpaired) electrons. The van der Waals surface area contributed by atoms with Crippen molar-refractivity contribution in [1.29, 1.82) is 0 Å². The highest BCUT2D eigenvalue weighted by atomic mass is 16.5. The fourth-order valence-corrected chi connectivity index (χ4v) is 2.64. The Bertz CT molecular complexity index is 811. The van der Waals surface area contributed by atoms with Gasteiger partial charge in [0, 0.05) is 18.3 Å². The maximum absolute atomic E-state index is 12.2. The van der Waals surface area contributed by atoms with Crippen LogP contribution in [0.1, 0.15) is 23.6 Å². The summed E-state index contributed by atoms with van der Waals surface area (Å²) in [5.74, 6) is -0.860. The summed E-state index contributed by atoms with van der Waals surface area (Å²) >= 11 is 0. The lowest BCUT2D eigenvalue weighted by Gasteiger charge is -2.18. The van der Waals surface area contributed by atoms with E-state index in [2.05, 4.69) is 20.3 Å². The van der Waals surface area contributed by atoms with Gasteiger partial charge in [-0.2, -0.15) is 4.98 Å². The average molecular weight is 347 g/mol. The Kier molecular flexibility index (Phi) is 4.83. The van der Waals surface area contributed by atoms with Gasteiger partial charge in [-0.25, -0.2) is 14.8 Å². The fourth-order valence-electron chi connectivity index (χ4n) is 2.64. The summed E-state index contributed by atoms with van der Waals surface area (Å²) in [4.78, 5) is 35.6. The summed E-state index contributed by atoms with van der Waals surface area (Å²) in [6.45, 7) is 1.36. The van der Waals surface area contributed by atoms with Crippen molar-refractivity contribution in [2.45, 2.75) is 25.4 Å². The van der Waals surface area contributed by atoms with E-state index in [-0.39, 0.29) is 18.1 Å². The monoisotopic (exact) mass is 347 g/mol. The van der Waals surface area contributed by atoms with Crippen molar-refractivity contribution >= 4 is 11.7 Å². The first-order valence-corrected chi connectivity index (χ1v) is 7.62. The molecule has 10 nitrogen and oxygen atoms in total. The van der Waals surface area contributed by atoms with Crippen molar-refractivity contribution in [2.75, 3.05) is 11.9 Å². The van der Waals surface area contributed by atoms with Crippen molar-refractivity contribution in [3.8, 4) is 0 Å². The minimum Gasteiger partial charge on any atom is -0.394 e. The summed E-state index contributed by atoms with van der Waals surface area (Å²) in [7, 11) is 0. The number of aliphatic hydroxyl groups is 2. The normalized spacial score (nSPS) is 25.7. The van der Waals surface area contributed by atoms with E-state index in [4.69, 9.17) is 4.74 Å². The third-order valence-electron chi connectivity index (χ3n) is 4.02. The number of nitrogens with zero attached hydrogens (tertiary/aromatic N) is 4. The molecule has 1 aliphatic rings. The third kappa shape index (κ3) is 3.40. The number of anilines is 1. The van der Waals surface area contributed by atoms with Crippen LogP contribution in [0.5, 0.6) is 0 Å². The van der Waals surface area contributed by atoms with Crippen molar-refractivity contribution < 1.29 is 19.7 Å². The predicted octanol–water partition coefficient (Wildman–Crippen LogP) is -0.828. The molecule has 0 saturated carbocycles. The van der Waals surface area contributed by atoms with E-state index in [1.807, 2.05) is 0 Å². The van der Waals surface area contributed by atoms with E-state index in [9.17, 15) is 19.8 Å². The number of carbonyl (C=O) groups is 1. The standard InChI is InChI=1S/C15H17N5O5/c1-8-12(22)10(6-21)25-14(8)20-5-3-11(19-15(20)24)18-13(23)9-2-4-16-7-17-9/h2-5,7-8,10,12,14,21-22H,6H2,1H3,(H,18,19,23,24). The van der Waals surface area contributed by atoms with Gasteiger partial charge in [0.05, 0.1) is 12.7 Å². The topological polar surface area (TPSA) is 139 Å². The van der Waals surface area contributed by atoms with Gasteiger partial charge in [0.2, 0.25) is 0 Å². The lowest BCUT2D eigenvalue weighted by molar-refractivity contribution is -0.0476. The minimum absolute atomic E-state index is 0.0646. The van der Waals surface area contributed by atoms with Crippen LogP contribution in [0.25, 0.3) is 0 Å². The summed E-state index contributed by atoms with van der Waals surface area (Å²) in [5.41, 5.74) is -0.509. The SMILES string of the molecule is CC1C(O)C(CO)OC1n1ccc(NC(=O)c2ccncn2)nc1=O. The zero-order valence-corrected chi connectivity index (χ0v) is 13.3. The van der Waals surface area contributed by atoms with Gasteiger partial charge >= 0.3 is 5.69 Å². The molecule has 10 heteroatoms. The van der Waals surface area contributed by atoms with Crippen LogP contribution in [0.15, 0.2) is 35.6 Å². The van der Waals surface area contributed by atoms with E-state index >= 15 is 0 Å². The number of ether oxygens (including phenoxy) is 1. The lowest BCUT2D eigenvalue weighted by Crippen LogP contribution is -2.31. The Morgan fingerprint density at radius 2 is 2.24 bits per heavy atom. The second-order valence-corrected chi connectivity index (χ2v) is 5.65. The van der Waals surface area contributed by atoms with Crippen LogP contribution in [0.4, 0.5) is 5.82 Å². The van der Waals surface area contributed by atoms with Crippen LogP contribution in [0.3, 0.4) is 0 Å². The Balaban J connectivity index is 1.78. The van der Waals surface area contributed by atoms with E-state index in [0.717, 1.165) is 0 Å². The van der Waals surface area contributed by atoms with Crippen molar-refractivity contribution in [2.24, 2.45) is 5.92 Å². The van der Waals surface area contributed by atoms with Crippen LogP contribution in [0.2, 0.25) is 0 Å². The van der Waals surface area contributed by atoms with Gasteiger partial charge < -0.3 is 20.3 Å². The second kappa shape index (κ2) is 7.05. The Morgan fingerprint density at radius 1 is 1.44 bits per heavy atom. The molecule has 1 amide bonds. The molecule has 4 atom stereocenters. The van der Waals surface area contributed by atoms with E-state index in [1.165, 1.54) is 35.4 Å². The molecule has 4 unspecified atom stereocenters. The molecule has 3 heterocycles. The maximum atomic E-state index is 12.2. The number of nitrogens with one attached hydrogen (secondary N) is 1. The lowest BCUT2D eigenvalue weighted by atomic mass is 10.0. The molecule has 0 aromatic carbocycles. The summed E-state index contributed by atoms with van der Waals surface area (Å²) in [6, 6.07) is 2.87. The number of hydrogen-bond acceptors (Lipinski definition) is 8. The van der Waals surface area contributed by atoms with Crippen LogP contribution >= 0.6 is 0 Å². The zero-order chi connectivity index (χ0) is 18.0. The summed E-state index contributed by atoms with van der Waals surface area (Å²) < 4.78 is 6.72. The quantitative estimate of drug-likeness (QED) is 0.651. The molecule has 0 spiro atoms. The number of amides is 1. The highest BCUT2D eigenvalue weighted by Crippen LogP contribution is 2.33. The van der Waals surface area contributed by atoms with Gasteiger partial charge in [0.1, 0.15) is 30.2 Å².